The zero-order valence-corrected chi connectivity index (χ0v) is 24.8. The molecule has 204 valence electrons. The van der Waals surface area contributed by atoms with Gasteiger partial charge in [-0.25, -0.2) is 4.98 Å². The van der Waals surface area contributed by atoms with Crippen LogP contribution in [0.3, 0.4) is 0 Å². The maximum absolute atomic E-state index is 14.1. The molecule has 6 nitrogen and oxygen atoms in total. The van der Waals surface area contributed by atoms with Gasteiger partial charge >= 0.3 is 0 Å². The minimum atomic E-state index is -0.142. The van der Waals surface area contributed by atoms with Crippen molar-refractivity contribution in [2.75, 3.05) is 17.7 Å². The molecule has 39 heavy (non-hydrogen) atoms. The highest BCUT2D eigenvalue weighted by molar-refractivity contribution is 7.99. The number of nitrogens with zero attached hydrogens (tertiary/aromatic N) is 2. The van der Waals surface area contributed by atoms with E-state index >= 15 is 0 Å². The van der Waals surface area contributed by atoms with Crippen molar-refractivity contribution in [3.05, 3.63) is 74.9 Å². The van der Waals surface area contributed by atoms with Gasteiger partial charge in [-0.15, -0.1) is 11.3 Å². The Morgan fingerprint density at radius 3 is 2.67 bits per heavy atom. The lowest BCUT2D eigenvalue weighted by Gasteiger charge is -2.33. The van der Waals surface area contributed by atoms with E-state index < -0.39 is 0 Å². The van der Waals surface area contributed by atoms with Gasteiger partial charge in [-0.2, -0.15) is 0 Å². The molecule has 5 rings (SSSR count). The Labute approximate surface area is 237 Å². The van der Waals surface area contributed by atoms with Gasteiger partial charge in [-0.1, -0.05) is 44.7 Å². The molecule has 1 N–H and O–H groups in total. The summed E-state index contributed by atoms with van der Waals surface area (Å²) in [5, 5.41) is 4.20. The third-order valence-corrected chi connectivity index (χ3v) is 9.40. The number of thioether (sulfide) groups is 1. The smallest absolute Gasteiger partial charge is 0.267 e. The van der Waals surface area contributed by atoms with Gasteiger partial charge in [-0.3, -0.25) is 14.2 Å². The third kappa shape index (κ3) is 5.92. The third-order valence-electron chi connectivity index (χ3n) is 7.32. The van der Waals surface area contributed by atoms with Crippen molar-refractivity contribution in [3.8, 4) is 11.4 Å². The molecule has 0 saturated carbocycles. The minimum Gasteiger partial charge on any atom is -0.494 e. The fraction of sp³-hybridized carbons (Fsp3) is 0.387. The average Bonchev–Trinajstić information content (AvgIpc) is 3.26. The Morgan fingerprint density at radius 1 is 1.21 bits per heavy atom. The van der Waals surface area contributed by atoms with Crippen LogP contribution in [0.25, 0.3) is 15.9 Å². The molecule has 1 atom stereocenters. The number of anilines is 1. The minimum absolute atomic E-state index is 0.0718. The lowest BCUT2D eigenvalue weighted by atomic mass is 9.72. The number of aryl methyl sites for hydroxylation is 2. The SMILES string of the molecule is CCOc1ccc(-n2c(SCC(=O)Nc3cccc(C)c3)nc3sc4c(c3c2=O)CCC(C(C)(C)C)C4)cc1. The van der Waals surface area contributed by atoms with Gasteiger partial charge in [-0.05, 0) is 92.0 Å². The molecule has 1 aliphatic rings. The van der Waals surface area contributed by atoms with E-state index in [0.717, 1.165) is 52.0 Å². The van der Waals surface area contributed by atoms with E-state index in [2.05, 4.69) is 26.1 Å². The monoisotopic (exact) mass is 561 g/mol. The molecular weight excluding hydrogens is 526 g/mol. The fourth-order valence-electron chi connectivity index (χ4n) is 5.18. The zero-order valence-electron chi connectivity index (χ0n) is 23.2. The van der Waals surface area contributed by atoms with E-state index in [0.29, 0.717) is 23.4 Å². The highest BCUT2D eigenvalue weighted by atomic mass is 32.2. The summed E-state index contributed by atoms with van der Waals surface area (Å²) in [6, 6.07) is 15.2. The van der Waals surface area contributed by atoms with Crippen molar-refractivity contribution in [1.82, 2.24) is 9.55 Å². The summed E-state index contributed by atoms with van der Waals surface area (Å²) in [5.41, 5.74) is 3.84. The maximum Gasteiger partial charge on any atom is 0.267 e. The topological polar surface area (TPSA) is 73.2 Å². The number of ether oxygens (including phenoxy) is 1. The van der Waals surface area contributed by atoms with Crippen LogP contribution < -0.4 is 15.6 Å². The summed E-state index contributed by atoms with van der Waals surface area (Å²) in [5.74, 6) is 1.32. The van der Waals surface area contributed by atoms with Gasteiger partial charge in [0, 0.05) is 10.6 Å². The van der Waals surface area contributed by atoms with Crippen LogP contribution in [0.1, 0.15) is 50.1 Å². The number of hydrogen-bond acceptors (Lipinski definition) is 6. The van der Waals surface area contributed by atoms with E-state index in [9.17, 15) is 9.59 Å². The van der Waals surface area contributed by atoms with Crippen LogP contribution in [0.15, 0.2) is 58.5 Å². The molecule has 0 spiro atoms. The summed E-state index contributed by atoms with van der Waals surface area (Å²) < 4.78 is 7.27. The maximum atomic E-state index is 14.1. The number of rotatable bonds is 7. The molecule has 2 aromatic heterocycles. The number of thiophene rings is 1. The highest BCUT2D eigenvalue weighted by Crippen LogP contribution is 2.42. The van der Waals surface area contributed by atoms with Crippen molar-refractivity contribution in [2.45, 2.75) is 59.0 Å². The summed E-state index contributed by atoms with van der Waals surface area (Å²) >= 11 is 2.92. The predicted molar refractivity (Wildman–Crippen MR) is 162 cm³/mol. The second-order valence-corrected chi connectivity index (χ2v) is 13.2. The molecule has 0 saturated heterocycles. The van der Waals surface area contributed by atoms with Crippen molar-refractivity contribution >= 4 is 44.9 Å². The Kier molecular flexibility index (Phi) is 7.87. The van der Waals surface area contributed by atoms with E-state index in [4.69, 9.17) is 9.72 Å². The Morgan fingerprint density at radius 2 is 1.97 bits per heavy atom. The number of hydrogen-bond donors (Lipinski definition) is 1. The van der Waals surface area contributed by atoms with Crippen molar-refractivity contribution < 1.29 is 9.53 Å². The molecular formula is C31H35N3O3S2. The number of aromatic nitrogens is 2. The second-order valence-electron chi connectivity index (χ2n) is 11.2. The van der Waals surface area contributed by atoms with Gasteiger partial charge in [0.05, 0.1) is 23.4 Å². The summed E-state index contributed by atoms with van der Waals surface area (Å²) in [7, 11) is 0. The largest absolute Gasteiger partial charge is 0.494 e. The molecule has 1 amide bonds. The molecule has 2 aromatic carbocycles. The molecule has 0 fully saturated rings. The lowest BCUT2D eigenvalue weighted by Crippen LogP contribution is -2.27. The fourth-order valence-corrected chi connectivity index (χ4v) is 7.33. The molecule has 1 unspecified atom stereocenters. The van der Waals surface area contributed by atoms with Gasteiger partial charge in [0.1, 0.15) is 10.6 Å². The first-order valence-corrected chi connectivity index (χ1v) is 15.2. The predicted octanol–water partition coefficient (Wildman–Crippen LogP) is 7.04. The van der Waals surface area contributed by atoms with Crippen LogP contribution >= 0.6 is 23.1 Å². The number of fused-ring (bicyclic) bond motifs is 3. The zero-order chi connectivity index (χ0) is 27.7. The highest BCUT2D eigenvalue weighted by Gasteiger charge is 2.32. The average molecular weight is 562 g/mol. The van der Waals surface area contributed by atoms with Crippen LogP contribution in [0.4, 0.5) is 5.69 Å². The summed E-state index contributed by atoms with van der Waals surface area (Å²) in [6.45, 7) is 11.4. The molecule has 8 heteroatoms. The standard InChI is InChI=1S/C31H35N3O3S2/c1-6-37-23-13-11-22(12-14-23)34-29(36)27-24-15-10-20(31(3,4)5)17-25(24)39-28(27)33-30(34)38-18-26(35)32-21-9-7-8-19(2)16-21/h7-9,11-14,16,20H,6,10,15,17-18H2,1-5H3,(H,32,35). The Hall–Kier alpha value is -3.10. The van der Waals surface area contributed by atoms with E-state index in [-0.39, 0.29) is 22.6 Å². The Bertz CT molecular complexity index is 1570. The van der Waals surface area contributed by atoms with Crippen molar-refractivity contribution in [1.29, 1.82) is 0 Å². The number of nitrogens with one attached hydrogen (secondary N) is 1. The van der Waals surface area contributed by atoms with E-state index in [1.807, 2.05) is 62.4 Å². The van der Waals surface area contributed by atoms with Crippen LogP contribution in [-0.2, 0) is 17.6 Å². The number of benzene rings is 2. The first-order valence-electron chi connectivity index (χ1n) is 13.4. The van der Waals surface area contributed by atoms with E-state index in [1.165, 1.54) is 16.6 Å². The van der Waals surface area contributed by atoms with Crippen molar-refractivity contribution in [2.24, 2.45) is 11.3 Å². The van der Waals surface area contributed by atoms with Crippen LogP contribution in [-0.4, -0.2) is 27.8 Å². The van der Waals surface area contributed by atoms with Gasteiger partial charge in [0.25, 0.3) is 5.56 Å². The summed E-state index contributed by atoms with van der Waals surface area (Å²) in [4.78, 5) is 34.0. The summed E-state index contributed by atoms with van der Waals surface area (Å²) in [6.07, 6.45) is 2.94. The molecule has 0 radical (unpaired) electrons. The van der Waals surface area contributed by atoms with Gasteiger partial charge in [0.2, 0.25) is 5.91 Å². The first kappa shape index (κ1) is 27.5. The molecule has 0 bridgehead atoms. The van der Waals surface area contributed by atoms with Crippen LogP contribution in [0, 0.1) is 18.3 Å². The van der Waals surface area contributed by atoms with E-state index in [1.54, 1.807) is 15.9 Å². The lowest BCUT2D eigenvalue weighted by molar-refractivity contribution is -0.113. The molecule has 1 aliphatic carbocycles. The van der Waals surface area contributed by atoms with Gasteiger partial charge < -0.3 is 10.1 Å². The number of amides is 1. The van der Waals surface area contributed by atoms with Crippen molar-refractivity contribution in [3.63, 3.8) is 0 Å². The van der Waals surface area contributed by atoms with Gasteiger partial charge in [0.15, 0.2) is 5.16 Å². The Balaban J connectivity index is 1.52. The normalized spacial score (nSPS) is 15.3. The molecule has 2 heterocycles. The van der Waals surface area contributed by atoms with Crippen LogP contribution in [0.2, 0.25) is 0 Å². The second kappa shape index (κ2) is 11.2. The first-order chi connectivity index (χ1) is 18.6. The number of carbonyl (C=O) groups is 1. The number of carbonyl (C=O) groups excluding carboxylic acids is 1. The molecule has 4 aromatic rings. The molecule has 0 aliphatic heterocycles. The van der Waals surface area contributed by atoms with Crippen LogP contribution in [0.5, 0.6) is 5.75 Å². The quantitative estimate of drug-likeness (QED) is 0.194.